The van der Waals surface area contributed by atoms with Crippen LogP contribution in [0.15, 0.2) is 0 Å². The Bertz CT molecular complexity index is 476. The van der Waals surface area contributed by atoms with Gasteiger partial charge < -0.3 is 15.0 Å². The van der Waals surface area contributed by atoms with Crippen molar-refractivity contribution in [3.8, 4) is 0 Å². The maximum Gasteiger partial charge on any atom is 0.360 e. The smallest absolute Gasteiger partial charge is 0.360 e. The summed E-state index contributed by atoms with van der Waals surface area (Å²) in [7, 11) is 1.36. The number of imidazole rings is 1. The Kier molecular flexibility index (Phi) is 4.68. The zero-order chi connectivity index (χ0) is 14.7. The highest BCUT2D eigenvalue weighted by molar-refractivity contribution is 5.92. The van der Waals surface area contributed by atoms with Gasteiger partial charge >= 0.3 is 5.97 Å². The molecule has 1 heterocycles. The van der Waals surface area contributed by atoms with E-state index in [9.17, 15) is 4.79 Å². The Morgan fingerprint density at radius 2 is 2.10 bits per heavy atom. The summed E-state index contributed by atoms with van der Waals surface area (Å²) in [6.45, 7) is 4.09. The van der Waals surface area contributed by atoms with Gasteiger partial charge in [-0.05, 0) is 32.1 Å². The maximum atomic E-state index is 11.7. The summed E-state index contributed by atoms with van der Waals surface area (Å²) < 4.78 is 6.79. The van der Waals surface area contributed by atoms with Gasteiger partial charge in [-0.1, -0.05) is 26.2 Å². The van der Waals surface area contributed by atoms with Gasteiger partial charge in [0.25, 0.3) is 0 Å². The fourth-order valence-corrected chi connectivity index (χ4v) is 3.47. The number of anilines is 1. The highest BCUT2D eigenvalue weighted by Crippen LogP contribution is 2.37. The number of nitrogens with zero attached hydrogens (tertiary/aromatic N) is 2. The maximum absolute atomic E-state index is 11.7. The van der Waals surface area contributed by atoms with Crippen molar-refractivity contribution in [2.75, 3.05) is 12.8 Å². The first-order chi connectivity index (χ1) is 9.60. The molecule has 1 aromatic heterocycles. The van der Waals surface area contributed by atoms with E-state index in [4.69, 9.17) is 10.5 Å². The van der Waals surface area contributed by atoms with Gasteiger partial charge in [0.05, 0.1) is 7.11 Å². The second kappa shape index (κ2) is 6.29. The lowest BCUT2D eigenvalue weighted by molar-refractivity contribution is 0.0595. The highest BCUT2D eigenvalue weighted by atomic mass is 16.5. The molecule has 1 aliphatic carbocycles. The number of methoxy groups -OCH3 is 1. The molecule has 20 heavy (non-hydrogen) atoms. The molecule has 1 aliphatic rings. The van der Waals surface area contributed by atoms with Crippen LogP contribution in [0.5, 0.6) is 0 Å². The first kappa shape index (κ1) is 14.9. The summed E-state index contributed by atoms with van der Waals surface area (Å²) in [6.07, 6.45) is 7.40. The quantitative estimate of drug-likeness (QED) is 0.860. The summed E-state index contributed by atoms with van der Waals surface area (Å²) in [5.41, 5.74) is 6.41. The average Bonchev–Trinajstić information content (AvgIpc) is 2.77. The van der Waals surface area contributed by atoms with Gasteiger partial charge in [-0.25, -0.2) is 9.78 Å². The SMILES string of the molecule is CCC(C1CCCCC1)n1c(C)nc(C(=O)OC)c1N. The number of nitrogen functional groups attached to an aromatic ring is 1. The van der Waals surface area contributed by atoms with E-state index in [0.29, 0.717) is 17.8 Å². The molecule has 1 unspecified atom stereocenters. The number of aromatic nitrogens is 2. The minimum Gasteiger partial charge on any atom is -0.464 e. The van der Waals surface area contributed by atoms with Gasteiger partial charge in [0, 0.05) is 6.04 Å². The fraction of sp³-hybridized carbons (Fsp3) is 0.733. The van der Waals surface area contributed by atoms with Crippen LogP contribution in [-0.2, 0) is 4.74 Å². The lowest BCUT2D eigenvalue weighted by Crippen LogP contribution is -2.23. The van der Waals surface area contributed by atoms with Crippen LogP contribution >= 0.6 is 0 Å². The summed E-state index contributed by atoms with van der Waals surface area (Å²) in [6, 6.07) is 0.334. The molecule has 1 saturated carbocycles. The number of hydrogen-bond acceptors (Lipinski definition) is 4. The molecule has 5 nitrogen and oxygen atoms in total. The predicted molar refractivity (Wildman–Crippen MR) is 78.6 cm³/mol. The van der Waals surface area contributed by atoms with Gasteiger partial charge in [-0.2, -0.15) is 0 Å². The molecule has 0 radical (unpaired) electrons. The third kappa shape index (κ3) is 2.67. The van der Waals surface area contributed by atoms with Crippen molar-refractivity contribution >= 4 is 11.8 Å². The van der Waals surface area contributed by atoms with Crippen molar-refractivity contribution in [1.82, 2.24) is 9.55 Å². The van der Waals surface area contributed by atoms with Gasteiger partial charge in [0.2, 0.25) is 0 Å². The third-order valence-corrected chi connectivity index (χ3v) is 4.45. The molecule has 0 aromatic carbocycles. The summed E-state index contributed by atoms with van der Waals surface area (Å²) in [5.74, 6) is 1.43. The average molecular weight is 279 g/mol. The van der Waals surface area contributed by atoms with Gasteiger partial charge in [0.15, 0.2) is 5.69 Å². The second-order valence-electron chi connectivity index (χ2n) is 5.63. The number of nitrogens with two attached hydrogens (primary N) is 1. The van der Waals surface area contributed by atoms with Crippen molar-refractivity contribution in [2.45, 2.75) is 58.4 Å². The Balaban J connectivity index is 2.34. The molecule has 1 atom stereocenters. The number of esters is 1. The Hall–Kier alpha value is -1.52. The zero-order valence-electron chi connectivity index (χ0n) is 12.7. The minimum absolute atomic E-state index is 0.249. The standard InChI is InChI=1S/C15H25N3O2/c1-4-12(11-8-6-5-7-9-11)18-10(2)17-13(14(18)16)15(19)20-3/h11-12H,4-9,16H2,1-3H3. The largest absolute Gasteiger partial charge is 0.464 e. The number of ether oxygens (including phenoxy) is 1. The van der Waals surface area contributed by atoms with E-state index in [-0.39, 0.29) is 5.69 Å². The Labute approximate surface area is 120 Å². The predicted octanol–water partition coefficient (Wildman–Crippen LogP) is 3.09. The molecule has 1 aromatic rings. The van der Waals surface area contributed by atoms with Crippen molar-refractivity contribution in [3.63, 3.8) is 0 Å². The fourth-order valence-electron chi connectivity index (χ4n) is 3.47. The molecule has 5 heteroatoms. The van der Waals surface area contributed by atoms with Crippen LogP contribution in [0, 0.1) is 12.8 Å². The van der Waals surface area contributed by atoms with E-state index in [1.165, 1.54) is 39.2 Å². The van der Waals surface area contributed by atoms with Crippen LogP contribution in [0.25, 0.3) is 0 Å². The number of rotatable bonds is 4. The molecule has 2 N–H and O–H groups in total. The van der Waals surface area contributed by atoms with Crippen LogP contribution in [0.3, 0.4) is 0 Å². The molecule has 0 saturated heterocycles. The van der Waals surface area contributed by atoms with E-state index in [1.807, 2.05) is 11.5 Å². The van der Waals surface area contributed by atoms with Crippen LogP contribution in [0.4, 0.5) is 5.82 Å². The second-order valence-corrected chi connectivity index (χ2v) is 5.63. The first-order valence-corrected chi connectivity index (χ1v) is 7.52. The van der Waals surface area contributed by atoms with Crippen molar-refractivity contribution in [1.29, 1.82) is 0 Å². The van der Waals surface area contributed by atoms with E-state index in [0.717, 1.165) is 12.2 Å². The molecule has 0 amide bonds. The van der Waals surface area contributed by atoms with E-state index >= 15 is 0 Å². The van der Waals surface area contributed by atoms with Crippen LogP contribution in [-0.4, -0.2) is 22.6 Å². The number of aryl methyl sites for hydroxylation is 1. The van der Waals surface area contributed by atoms with Gasteiger partial charge in [-0.3, -0.25) is 0 Å². The van der Waals surface area contributed by atoms with Crippen molar-refractivity contribution < 1.29 is 9.53 Å². The normalized spacial score (nSPS) is 17.9. The molecular weight excluding hydrogens is 254 g/mol. The third-order valence-electron chi connectivity index (χ3n) is 4.45. The molecule has 0 spiro atoms. The monoisotopic (exact) mass is 279 g/mol. The molecule has 0 bridgehead atoms. The molecule has 112 valence electrons. The minimum atomic E-state index is -0.456. The van der Waals surface area contributed by atoms with E-state index < -0.39 is 5.97 Å². The summed E-state index contributed by atoms with van der Waals surface area (Å²) in [5, 5.41) is 0. The number of carbonyl (C=O) groups is 1. The molecule has 1 fully saturated rings. The Morgan fingerprint density at radius 3 is 2.65 bits per heavy atom. The Morgan fingerprint density at radius 1 is 1.45 bits per heavy atom. The van der Waals surface area contributed by atoms with Crippen LogP contribution in [0.1, 0.15) is 67.8 Å². The molecule has 0 aliphatic heterocycles. The van der Waals surface area contributed by atoms with E-state index in [2.05, 4.69) is 11.9 Å². The number of hydrogen-bond donors (Lipinski definition) is 1. The first-order valence-electron chi connectivity index (χ1n) is 7.52. The number of carbonyl (C=O) groups excluding carboxylic acids is 1. The van der Waals surface area contributed by atoms with Crippen LogP contribution < -0.4 is 5.73 Å². The van der Waals surface area contributed by atoms with Crippen molar-refractivity contribution in [2.24, 2.45) is 5.92 Å². The van der Waals surface area contributed by atoms with Crippen LogP contribution in [0.2, 0.25) is 0 Å². The summed E-state index contributed by atoms with van der Waals surface area (Å²) in [4.78, 5) is 16.0. The van der Waals surface area contributed by atoms with Crippen molar-refractivity contribution in [3.05, 3.63) is 11.5 Å². The van der Waals surface area contributed by atoms with Gasteiger partial charge in [0.1, 0.15) is 11.6 Å². The zero-order valence-corrected chi connectivity index (χ0v) is 12.7. The molecule has 2 rings (SSSR count). The highest BCUT2D eigenvalue weighted by Gasteiger charge is 2.29. The van der Waals surface area contributed by atoms with E-state index in [1.54, 1.807) is 0 Å². The molecular formula is C15H25N3O2. The summed E-state index contributed by atoms with van der Waals surface area (Å²) >= 11 is 0. The lowest BCUT2D eigenvalue weighted by Gasteiger charge is -2.31. The topological polar surface area (TPSA) is 70.1 Å². The lowest BCUT2D eigenvalue weighted by atomic mass is 9.82. The van der Waals surface area contributed by atoms with Gasteiger partial charge in [-0.15, -0.1) is 0 Å².